The van der Waals surface area contributed by atoms with Crippen LogP contribution in [0, 0.1) is 0 Å². The fourth-order valence-electron chi connectivity index (χ4n) is 1.43. The monoisotopic (exact) mass is 210 g/mol. The van der Waals surface area contributed by atoms with E-state index in [1.54, 1.807) is 0 Å². The molecule has 74 valence electrons. The Labute approximate surface area is 87.5 Å². The molecule has 2 rings (SSSR count). The molecular weight excluding hydrogens is 200 g/mol. The van der Waals surface area contributed by atoms with Gasteiger partial charge in [0, 0.05) is 5.02 Å². The number of hydrogen-bond donors (Lipinski definition) is 1. The molecule has 0 spiro atoms. The van der Waals surface area contributed by atoms with Crippen LogP contribution in [0.15, 0.2) is 29.3 Å². The summed E-state index contributed by atoms with van der Waals surface area (Å²) in [5.41, 5.74) is 6.61. The molecule has 1 aromatic carbocycles. The van der Waals surface area contributed by atoms with Crippen LogP contribution in [0.5, 0.6) is 0 Å². The highest BCUT2D eigenvalue weighted by molar-refractivity contribution is 6.30. The molecule has 0 unspecified atom stereocenters. The number of amidine groups is 1. The topological polar surface area (TPSA) is 47.6 Å². The number of aliphatic imine (C=N–C) groups is 1. The van der Waals surface area contributed by atoms with Crippen LogP contribution in [0.4, 0.5) is 0 Å². The van der Waals surface area contributed by atoms with Gasteiger partial charge in [-0.3, -0.25) is 0 Å². The van der Waals surface area contributed by atoms with E-state index in [9.17, 15) is 0 Å². The fraction of sp³-hybridized carbons (Fsp3) is 0.300. The zero-order valence-electron chi connectivity index (χ0n) is 7.61. The molecular formula is C10H11ClN2O. The van der Waals surface area contributed by atoms with Crippen LogP contribution in [-0.2, 0) is 11.2 Å². The van der Waals surface area contributed by atoms with Crippen molar-refractivity contribution in [1.82, 2.24) is 0 Å². The Balaban J connectivity index is 2.01. The summed E-state index contributed by atoms with van der Waals surface area (Å²) < 4.78 is 5.06. The zero-order valence-corrected chi connectivity index (χ0v) is 8.37. The van der Waals surface area contributed by atoms with Crippen molar-refractivity contribution in [3.05, 3.63) is 34.9 Å². The number of halogens is 1. The van der Waals surface area contributed by atoms with Crippen molar-refractivity contribution >= 4 is 17.6 Å². The average molecular weight is 211 g/mol. The molecule has 4 heteroatoms. The number of benzene rings is 1. The Morgan fingerprint density at radius 1 is 1.43 bits per heavy atom. The molecule has 0 bridgehead atoms. The molecule has 0 amide bonds. The molecule has 14 heavy (non-hydrogen) atoms. The van der Waals surface area contributed by atoms with E-state index in [0.717, 1.165) is 11.4 Å². The zero-order chi connectivity index (χ0) is 9.97. The minimum atomic E-state index is 0.149. The summed E-state index contributed by atoms with van der Waals surface area (Å²) >= 11 is 5.78. The SMILES string of the molecule is NC1=N[C@H](Cc2ccc(Cl)cc2)CO1. The molecule has 0 aromatic heterocycles. The lowest BCUT2D eigenvalue weighted by Gasteiger charge is -2.04. The van der Waals surface area contributed by atoms with Gasteiger partial charge in [0.2, 0.25) is 0 Å². The lowest BCUT2D eigenvalue weighted by molar-refractivity contribution is 0.312. The largest absolute Gasteiger partial charge is 0.463 e. The fourth-order valence-corrected chi connectivity index (χ4v) is 1.56. The second-order valence-electron chi connectivity index (χ2n) is 3.26. The van der Waals surface area contributed by atoms with Crippen molar-refractivity contribution < 1.29 is 4.74 Å². The predicted octanol–water partition coefficient (Wildman–Crippen LogP) is 1.60. The van der Waals surface area contributed by atoms with Crippen LogP contribution >= 0.6 is 11.6 Å². The Kier molecular flexibility index (Phi) is 2.59. The van der Waals surface area contributed by atoms with Gasteiger partial charge in [-0.05, 0) is 24.1 Å². The van der Waals surface area contributed by atoms with E-state index in [0.29, 0.717) is 12.6 Å². The van der Waals surface area contributed by atoms with Crippen LogP contribution in [0.1, 0.15) is 5.56 Å². The lowest BCUT2D eigenvalue weighted by atomic mass is 10.1. The number of ether oxygens (including phenoxy) is 1. The van der Waals surface area contributed by atoms with E-state index in [4.69, 9.17) is 22.1 Å². The predicted molar refractivity (Wildman–Crippen MR) is 56.5 cm³/mol. The highest BCUT2D eigenvalue weighted by Gasteiger charge is 2.16. The molecule has 0 fully saturated rings. The first-order chi connectivity index (χ1) is 6.74. The van der Waals surface area contributed by atoms with Gasteiger partial charge in [-0.1, -0.05) is 23.7 Å². The van der Waals surface area contributed by atoms with Crippen molar-refractivity contribution in [2.24, 2.45) is 10.7 Å². The minimum Gasteiger partial charge on any atom is -0.463 e. The second kappa shape index (κ2) is 3.88. The summed E-state index contributed by atoms with van der Waals surface area (Å²) in [5.74, 6) is 0. The van der Waals surface area contributed by atoms with Crippen LogP contribution in [0.3, 0.4) is 0 Å². The van der Waals surface area contributed by atoms with Gasteiger partial charge in [-0.2, -0.15) is 0 Å². The molecule has 0 saturated carbocycles. The quantitative estimate of drug-likeness (QED) is 0.806. The average Bonchev–Trinajstić information content (AvgIpc) is 2.56. The maximum absolute atomic E-state index is 5.78. The van der Waals surface area contributed by atoms with Gasteiger partial charge >= 0.3 is 0 Å². The summed E-state index contributed by atoms with van der Waals surface area (Å²) in [6.07, 6.45) is 0.845. The van der Waals surface area contributed by atoms with Gasteiger partial charge in [0.05, 0.1) is 6.04 Å². The van der Waals surface area contributed by atoms with E-state index in [2.05, 4.69) is 4.99 Å². The molecule has 1 atom stereocenters. The van der Waals surface area contributed by atoms with Crippen molar-refractivity contribution in [3.8, 4) is 0 Å². The third-order valence-electron chi connectivity index (χ3n) is 2.12. The van der Waals surface area contributed by atoms with Crippen molar-refractivity contribution in [1.29, 1.82) is 0 Å². The summed E-state index contributed by atoms with van der Waals surface area (Å²) in [4.78, 5) is 4.15. The molecule has 0 radical (unpaired) electrons. The summed E-state index contributed by atoms with van der Waals surface area (Å²) in [6.45, 7) is 0.578. The molecule has 0 aliphatic carbocycles. The number of hydrogen-bond acceptors (Lipinski definition) is 3. The maximum Gasteiger partial charge on any atom is 0.282 e. The number of nitrogens with zero attached hydrogens (tertiary/aromatic N) is 1. The Bertz CT molecular complexity index is 348. The van der Waals surface area contributed by atoms with E-state index in [1.807, 2.05) is 24.3 Å². The van der Waals surface area contributed by atoms with Crippen LogP contribution in [-0.4, -0.2) is 18.7 Å². The van der Waals surface area contributed by atoms with Crippen LogP contribution < -0.4 is 5.73 Å². The minimum absolute atomic E-state index is 0.149. The van der Waals surface area contributed by atoms with Crippen LogP contribution in [0.2, 0.25) is 5.02 Å². The van der Waals surface area contributed by atoms with Gasteiger partial charge < -0.3 is 10.5 Å². The summed E-state index contributed by atoms with van der Waals surface area (Å²) in [6, 6.07) is 8.18. The van der Waals surface area contributed by atoms with Gasteiger partial charge in [0.25, 0.3) is 6.02 Å². The first kappa shape index (κ1) is 9.34. The van der Waals surface area contributed by atoms with Gasteiger partial charge in [-0.15, -0.1) is 0 Å². The van der Waals surface area contributed by atoms with Gasteiger partial charge in [-0.25, -0.2) is 4.99 Å². The number of nitrogens with two attached hydrogens (primary N) is 1. The van der Waals surface area contributed by atoms with Gasteiger partial charge in [0.15, 0.2) is 0 Å². The third-order valence-corrected chi connectivity index (χ3v) is 2.37. The molecule has 2 N–H and O–H groups in total. The van der Waals surface area contributed by atoms with E-state index in [1.165, 1.54) is 5.56 Å². The molecule has 1 aliphatic heterocycles. The van der Waals surface area contributed by atoms with E-state index in [-0.39, 0.29) is 6.04 Å². The highest BCUT2D eigenvalue weighted by atomic mass is 35.5. The first-order valence-electron chi connectivity index (χ1n) is 4.44. The Morgan fingerprint density at radius 2 is 2.14 bits per heavy atom. The maximum atomic E-state index is 5.78. The standard InChI is InChI=1S/C10H11ClN2O/c11-8-3-1-7(2-4-8)5-9-6-14-10(12)13-9/h1-4,9H,5-6H2,(H2,12,13)/t9-/m1/s1. The smallest absolute Gasteiger partial charge is 0.282 e. The van der Waals surface area contributed by atoms with Crippen LogP contribution in [0.25, 0.3) is 0 Å². The molecule has 3 nitrogen and oxygen atoms in total. The summed E-state index contributed by atoms with van der Waals surface area (Å²) in [5, 5.41) is 0.749. The van der Waals surface area contributed by atoms with Gasteiger partial charge in [0.1, 0.15) is 6.61 Å². The molecule has 1 aromatic rings. The summed E-state index contributed by atoms with van der Waals surface area (Å²) in [7, 11) is 0. The normalized spacial score (nSPS) is 20.4. The molecule has 1 heterocycles. The second-order valence-corrected chi connectivity index (χ2v) is 3.70. The number of rotatable bonds is 2. The van der Waals surface area contributed by atoms with E-state index >= 15 is 0 Å². The van der Waals surface area contributed by atoms with Crippen molar-refractivity contribution in [3.63, 3.8) is 0 Å². The third kappa shape index (κ3) is 2.17. The highest BCUT2D eigenvalue weighted by Crippen LogP contribution is 2.14. The molecule has 0 saturated heterocycles. The Morgan fingerprint density at radius 3 is 2.71 bits per heavy atom. The molecule has 1 aliphatic rings. The van der Waals surface area contributed by atoms with Crippen molar-refractivity contribution in [2.75, 3.05) is 6.61 Å². The van der Waals surface area contributed by atoms with E-state index < -0.39 is 0 Å². The lowest BCUT2D eigenvalue weighted by Crippen LogP contribution is -2.11. The Hall–Kier alpha value is -1.22. The van der Waals surface area contributed by atoms with Crippen molar-refractivity contribution in [2.45, 2.75) is 12.5 Å². The first-order valence-corrected chi connectivity index (χ1v) is 4.82.